The van der Waals surface area contributed by atoms with Crippen LogP contribution in [0.3, 0.4) is 0 Å². The van der Waals surface area contributed by atoms with Gasteiger partial charge in [0.1, 0.15) is 0 Å². The van der Waals surface area contributed by atoms with Crippen LogP contribution in [0.15, 0.2) is 0 Å². The Kier molecular flexibility index (Phi) is 2.55. The average molecular weight is 156 g/mol. The van der Waals surface area contributed by atoms with Gasteiger partial charge in [0.25, 0.3) is 0 Å². The zero-order valence-electron chi connectivity index (χ0n) is 7.93. The molecule has 2 N–H and O–H groups in total. The van der Waals surface area contributed by atoms with E-state index in [-0.39, 0.29) is 0 Å². The molecule has 2 unspecified atom stereocenters. The molecule has 11 heavy (non-hydrogen) atoms. The molecule has 0 spiro atoms. The first-order valence-electron chi connectivity index (χ1n) is 4.52. The summed E-state index contributed by atoms with van der Waals surface area (Å²) < 4.78 is 0. The van der Waals surface area contributed by atoms with Crippen molar-refractivity contribution in [3.05, 3.63) is 0 Å². The van der Waals surface area contributed by atoms with Crippen LogP contribution < -0.4 is 5.73 Å². The van der Waals surface area contributed by atoms with Crippen molar-refractivity contribution in [3.8, 4) is 0 Å². The largest absolute Gasteiger partial charge is 0.327 e. The molecule has 2 heteroatoms. The lowest BCUT2D eigenvalue weighted by Gasteiger charge is -2.30. The summed E-state index contributed by atoms with van der Waals surface area (Å²) in [5.74, 6) is 0. The van der Waals surface area contributed by atoms with Crippen molar-refractivity contribution >= 4 is 0 Å². The van der Waals surface area contributed by atoms with Gasteiger partial charge in [0.15, 0.2) is 0 Å². The molecule has 0 aliphatic carbocycles. The Morgan fingerprint density at radius 1 is 1.64 bits per heavy atom. The topological polar surface area (TPSA) is 29.3 Å². The van der Waals surface area contributed by atoms with E-state index in [0.29, 0.717) is 11.5 Å². The molecule has 0 bridgehead atoms. The van der Waals surface area contributed by atoms with Crippen molar-refractivity contribution in [2.24, 2.45) is 11.1 Å². The number of hydrogen-bond acceptors (Lipinski definition) is 2. The van der Waals surface area contributed by atoms with Gasteiger partial charge in [-0.1, -0.05) is 13.8 Å². The predicted octanol–water partition coefficient (Wildman–Crippen LogP) is 1.07. The lowest BCUT2D eigenvalue weighted by molar-refractivity contribution is 0.248. The maximum absolute atomic E-state index is 6.05. The SMILES string of the molecule is CCC(N)C1(C)CCN(C)C1. The van der Waals surface area contributed by atoms with Gasteiger partial charge in [-0.2, -0.15) is 0 Å². The van der Waals surface area contributed by atoms with E-state index in [9.17, 15) is 0 Å². The summed E-state index contributed by atoms with van der Waals surface area (Å²) in [5.41, 5.74) is 6.43. The van der Waals surface area contributed by atoms with Crippen LogP contribution in [0.1, 0.15) is 26.7 Å². The third-order valence-corrected chi connectivity index (χ3v) is 3.03. The number of hydrogen-bond donors (Lipinski definition) is 1. The Morgan fingerprint density at radius 3 is 2.64 bits per heavy atom. The molecule has 1 saturated heterocycles. The second-order valence-electron chi connectivity index (χ2n) is 4.16. The Hall–Kier alpha value is -0.0800. The molecule has 66 valence electrons. The molecule has 0 radical (unpaired) electrons. The van der Waals surface area contributed by atoms with Crippen molar-refractivity contribution in [1.82, 2.24) is 4.90 Å². The highest BCUT2D eigenvalue weighted by Gasteiger charge is 2.36. The Bertz CT molecular complexity index is 136. The van der Waals surface area contributed by atoms with Gasteiger partial charge in [0.2, 0.25) is 0 Å². The van der Waals surface area contributed by atoms with Gasteiger partial charge >= 0.3 is 0 Å². The van der Waals surface area contributed by atoms with E-state index in [4.69, 9.17) is 5.73 Å². The summed E-state index contributed by atoms with van der Waals surface area (Å²) in [6, 6.07) is 0.382. The molecule has 0 aromatic heterocycles. The molecule has 0 saturated carbocycles. The van der Waals surface area contributed by atoms with Crippen molar-refractivity contribution < 1.29 is 0 Å². The van der Waals surface area contributed by atoms with E-state index in [0.717, 1.165) is 6.42 Å². The van der Waals surface area contributed by atoms with Gasteiger partial charge in [-0.15, -0.1) is 0 Å². The van der Waals surface area contributed by atoms with Crippen LogP contribution in [-0.2, 0) is 0 Å². The van der Waals surface area contributed by atoms with Gasteiger partial charge in [-0.25, -0.2) is 0 Å². The van der Waals surface area contributed by atoms with Crippen LogP contribution in [0.2, 0.25) is 0 Å². The fourth-order valence-electron chi connectivity index (χ4n) is 2.02. The van der Waals surface area contributed by atoms with E-state index in [1.54, 1.807) is 0 Å². The molecule has 1 rings (SSSR count). The summed E-state index contributed by atoms with van der Waals surface area (Å²) in [4.78, 5) is 2.37. The highest BCUT2D eigenvalue weighted by molar-refractivity contribution is 4.92. The molecule has 1 aliphatic heterocycles. The van der Waals surface area contributed by atoms with Crippen LogP contribution in [0.4, 0.5) is 0 Å². The molecule has 2 atom stereocenters. The number of likely N-dealkylation sites (tertiary alicyclic amines) is 1. The highest BCUT2D eigenvalue weighted by atomic mass is 15.1. The van der Waals surface area contributed by atoms with Gasteiger partial charge in [0, 0.05) is 12.6 Å². The van der Waals surface area contributed by atoms with Gasteiger partial charge in [-0.05, 0) is 31.8 Å². The van der Waals surface area contributed by atoms with Crippen LogP contribution >= 0.6 is 0 Å². The Balaban J connectivity index is 2.54. The van der Waals surface area contributed by atoms with E-state index in [1.807, 2.05) is 0 Å². The van der Waals surface area contributed by atoms with Gasteiger partial charge in [-0.3, -0.25) is 0 Å². The zero-order chi connectivity index (χ0) is 8.48. The lowest BCUT2D eigenvalue weighted by Crippen LogP contribution is -2.40. The van der Waals surface area contributed by atoms with Crippen LogP contribution in [0.25, 0.3) is 0 Å². The Morgan fingerprint density at radius 2 is 2.27 bits per heavy atom. The van der Waals surface area contributed by atoms with Crippen LogP contribution in [-0.4, -0.2) is 31.1 Å². The minimum Gasteiger partial charge on any atom is -0.327 e. The van der Waals surface area contributed by atoms with E-state index in [1.165, 1.54) is 19.5 Å². The first-order chi connectivity index (χ1) is 5.08. The average Bonchev–Trinajstić information content (AvgIpc) is 2.31. The second-order valence-corrected chi connectivity index (χ2v) is 4.16. The minimum atomic E-state index is 0.378. The van der Waals surface area contributed by atoms with E-state index in [2.05, 4.69) is 25.8 Å². The third-order valence-electron chi connectivity index (χ3n) is 3.03. The molecule has 1 aliphatic rings. The van der Waals surface area contributed by atoms with Crippen molar-refractivity contribution in [3.63, 3.8) is 0 Å². The van der Waals surface area contributed by atoms with Crippen molar-refractivity contribution in [1.29, 1.82) is 0 Å². The second kappa shape index (κ2) is 3.11. The fourth-order valence-corrected chi connectivity index (χ4v) is 2.02. The summed E-state index contributed by atoms with van der Waals surface area (Å²) in [6.45, 7) is 6.87. The maximum Gasteiger partial charge on any atom is 0.0103 e. The van der Waals surface area contributed by atoms with E-state index < -0.39 is 0 Å². The molecular weight excluding hydrogens is 136 g/mol. The van der Waals surface area contributed by atoms with Crippen LogP contribution in [0.5, 0.6) is 0 Å². The summed E-state index contributed by atoms with van der Waals surface area (Å²) in [6.07, 6.45) is 2.36. The van der Waals surface area contributed by atoms with Crippen molar-refractivity contribution in [2.75, 3.05) is 20.1 Å². The quantitative estimate of drug-likeness (QED) is 0.648. The molecular formula is C9H20N2. The van der Waals surface area contributed by atoms with Crippen LogP contribution in [0, 0.1) is 5.41 Å². The predicted molar refractivity (Wildman–Crippen MR) is 48.5 cm³/mol. The number of nitrogens with zero attached hydrogens (tertiary/aromatic N) is 1. The third kappa shape index (κ3) is 1.74. The maximum atomic E-state index is 6.05. The molecule has 0 aromatic rings. The highest BCUT2D eigenvalue weighted by Crippen LogP contribution is 2.32. The standard InChI is InChI=1S/C9H20N2/c1-4-8(10)9(2)5-6-11(3)7-9/h8H,4-7,10H2,1-3H3. The molecule has 1 heterocycles. The summed E-state index contributed by atoms with van der Waals surface area (Å²) in [5, 5.41) is 0. The lowest BCUT2D eigenvalue weighted by atomic mass is 9.81. The first kappa shape index (κ1) is 9.01. The molecule has 0 amide bonds. The Labute approximate surface area is 69.8 Å². The van der Waals surface area contributed by atoms with Gasteiger partial charge in [0.05, 0.1) is 0 Å². The molecule has 0 aromatic carbocycles. The monoisotopic (exact) mass is 156 g/mol. The van der Waals surface area contributed by atoms with E-state index >= 15 is 0 Å². The van der Waals surface area contributed by atoms with Gasteiger partial charge < -0.3 is 10.6 Å². The zero-order valence-corrected chi connectivity index (χ0v) is 7.93. The summed E-state index contributed by atoms with van der Waals surface area (Å²) >= 11 is 0. The number of nitrogens with two attached hydrogens (primary N) is 1. The molecule has 1 fully saturated rings. The smallest absolute Gasteiger partial charge is 0.0103 e. The fraction of sp³-hybridized carbons (Fsp3) is 1.00. The molecule has 2 nitrogen and oxygen atoms in total. The normalized spacial score (nSPS) is 36.0. The van der Waals surface area contributed by atoms with Crippen molar-refractivity contribution in [2.45, 2.75) is 32.7 Å². The summed E-state index contributed by atoms with van der Waals surface area (Å²) in [7, 11) is 2.17. The number of rotatable bonds is 2. The minimum absolute atomic E-state index is 0.378. The first-order valence-corrected chi connectivity index (χ1v) is 4.52.